The van der Waals surface area contributed by atoms with Crippen LogP contribution in [0.2, 0.25) is 0 Å². The Kier molecular flexibility index (Phi) is 7.69. The molecule has 164 valence electrons. The standard InChI is InChI=1S/C20H26F2N4O3S/c1-4-23-20(25-11-14(26(2)3)18-6-5-7-30-18)24-10-13-8-16-17(28-12-27-16)9-15(13)29-19(21)22/h5-9,14,19H,4,10-12H2,1-3H3,(H2,23,24,25). The molecule has 2 heterocycles. The fraction of sp³-hybridized carbons (Fsp3) is 0.450. The van der Waals surface area contributed by atoms with Crippen molar-refractivity contribution in [2.24, 2.45) is 4.99 Å². The van der Waals surface area contributed by atoms with Crippen molar-refractivity contribution in [1.29, 1.82) is 0 Å². The molecule has 10 heteroatoms. The van der Waals surface area contributed by atoms with Gasteiger partial charge in [0.15, 0.2) is 17.5 Å². The number of aliphatic imine (C=N–C) groups is 1. The third-order valence-corrected chi connectivity index (χ3v) is 5.45. The number of alkyl halides is 2. The zero-order valence-corrected chi connectivity index (χ0v) is 18.0. The molecule has 7 nitrogen and oxygen atoms in total. The third-order valence-electron chi connectivity index (χ3n) is 4.48. The van der Waals surface area contributed by atoms with Gasteiger partial charge in [-0.15, -0.1) is 11.3 Å². The second-order valence-corrected chi connectivity index (χ2v) is 7.74. The number of hydrogen-bond donors (Lipinski definition) is 2. The number of thiophene rings is 1. The molecule has 1 atom stereocenters. The van der Waals surface area contributed by atoms with Gasteiger partial charge in [0.1, 0.15) is 5.75 Å². The Morgan fingerprint density at radius 1 is 1.27 bits per heavy atom. The van der Waals surface area contributed by atoms with Gasteiger partial charge >= 0.3 is 6.61 Å². The highest BCUT2D eigenvalue weighted by atomic mass is 32.1. The van der Waals surface area contributed by atoms with E-state index >= 15 is 0 Å². The van der Waals surface area contributed by atoms with E-state index in [1.807, 2.05) is 27.1 Å². The van der Waals surface area contributed by atoms with Gasteiger partial charge in [0.2, 0.25) is 6.79 Å². The summed E-state index contributed by atoms with van der Waals surface area (Å²) in [6.45, 7) is 0.520. The molecule has 0 spiro atoms. The minimum absolute atomic E-state index is 0.0265. The molecule has 1 unspecified atom stereocenters. The Labute approximate surface area is 178 Å². The zero-order chi connectivity index (χ0) is 21.5. The monoisotopic (exact) mass is 440 g/mol. The van der Waals surface area contributed by atoms with E-state index in [1.54, 1.807) is 17.4 Å². The smallest absolute Gasteiger partial charge is 0.387 e. The van der Waals surface area contributed by atoms with Crippen LogP contribution in [0.15, 0.2) is 34.6 Å². The molecule has 1 aliphatic rings. The number of benzene rings is 1. The van der Waals surface area contributed by atoms with Crippen LogP contribution in [0.3, 0.4) is 0 Å². The molecule has 1 aliphatic heterocycles. The van der Waals surface area contributed by atoms with Crippen LogP contribution in [0.25, 0.3) is 0 Å². The average molecular weight is 441 g/mol. The Morgan fingerprint density at radius 2 is 2.03 bits per heavy atom. The molecule has 2 N–H and O–H groups in total. The second kappa shape index (κ2) is 10.4. The summed E-state index contributed by atoms with van der Waals surface area (Å²) >= 11 is 1.70. The predicted octanol–water partition coefficient (Wildman–Crippen LogP) is 3.44. The molecule has 0 fully saturated rings. The number of guanidine groups is 1. The number of nitrogens with one attached hydrogen (secondary N) is 2. The lowest BCUT2D eigenvalue weighted by Gasteiger charge is -2.24. The molecular weight excluding hydrogens is 414 g/mol. The summed E-state index contributed by atoms with van der Waals surface area (Å²) in [4.78, 5) is 7.92. The molecule has 1 aromatic heterocycles. The number of likely N-dealkylation sites (N-methyl/N-ethyl adjacent to an activating group) is 1. The fourth-order valence-corrected chi connectivity index (χ4v) is 3.94. The van der Waals surface area contributed by atoms with E-state index in [0.717, 1.165) is 0 Å². The normalized spacial score (nSPS) is 14.3. The van der Waals surface area contributed by atoms with Crippen molar-refractivity contribution in [2.75, 3.05) is 34.0 Å². The molecular formula is C20H26F2N4O3S. The fourth-order valence-electron chi connectivity index (χ4n) is 3.01. The Bertz CT molecular complexity index is 847. The first-order valence-corrected chi connectivity index (χ1v) is 10.4. The number of rotatable bonds is 9. The van der Waals surface area contributed by atoms with Gasteiger partial charge in [-0.1, -0.05) is 6.07 Å². The van der Waals surface area contributed by atoms with Crippen molar-refractivity contribution < 1.29 is 23.0 Å². The number of fused-ring (bicyclic) bond motifs is 1. The Morgan fingerprint density at radius 3 is 2.67 bits per heavy atom. The topological polar surface area (TPSA) is 67.4 Å². The molecule has 0 amide bonds. The maximum absolute atomic E-state index is 12.8. The van der Waals surface area contributed by atoms with Crippen LogP contribution in [0.4, 0.5) is 8.78 Å². The Hall–Kier alpha value is -2.59. The van der Waals surface area contributed by atoms with Crippen molar-refractivity contribution in [3.8, 4) is 17.2 Å². The van der Waals surface area contributed by atoms with Gasteiger partial charge in [-0.2, -0.15) is 8.78 Å². The van der Waals surface area contributed by atoms with Crippen LogP contribution in [-0.4, -0.2) is 51.4 Å². The summed E-state index contributed by atoms with van der Waals surface area (Å²) in [5, 5.41) is 8.57. The molecule has 0 saturated heterocycles. The highest BCUT2D eigenvalue weighted by Gasteiger charge is 2.20. The number of nitrogens with zero attached hydrogens (tertiary/aromatic N) is 2. The lowest BCUT2D eigenvalue weighted by Crippen LogP contribution is -2.41. The van der Waals surface area contributed by atoms with E-state index in [2.05, 4.69) is 36.7 Å². The number of halogens is 2. The lowest BCUT2D eigenvalue weighted by atomic mass is 10.1. The van der Waals surface area contributed by atoms with E-state index in [9.17, 15) is 8.78 Å². The highest BCUT2D eigenvalue weighted by molar-refractivity contribution is 7.10. The van der Waals surface area contributed by atoms with E-state index < -0.39 is 6.61 Å². The van der Waals surface area contributed by atoms with Gasteiger partial charge in [-0.05, 0) is 38.5 Å². The Balaban J connectivity index is 1.74. The summed E-state index contributed by atoms with van der Waals surface area (Å²) < 4.78 is 40.9. The molecule has 30 heavy (non-hydrogen) atoms. The molecule has 3 rings (SSSR count). The number of ether oxygens (including phenoxy) is 3. The molecule has 0 radical (unpaired) electrons. The van der Waals surface area contributed by atoms with Crippen molar-refractivity contribution in [3.05, 3.63) is 40.1 Å². The highest BCUT2D eigenvalue weighted by Crippen LogP contribution is 2.39. The summed E-state index contributed by atoms with van der Waals surface area (Å²) in [5.41, 5.74) is 0.485. The molecule has 2 aromatic rings. The summed E-state index contributed by atoms with van der Waals surface area (Å²) in [5.74, 6) is 1.48. The first-order valence-electron chi connectivity index (χ1n) is 9.57. The third kappa shape index (κ3) is 5.73. The van der Waals surface area contributed by atoms with Crippen molar-refractivity contribution >= 4 is 17.3 Å². The number of hydrogen-bond acceptors (Lipinski definition) is 6. The van der Waals surface area contributed by atoms with Crippen molar-refractivity contribution in [3.63, 3.8) is 0 Å². The largest absolute Gasteiger partial charge is 0.454 e. The lowest BCUT2D eigenvalue weighted by molar-refractivity contribution is -0.0505. The predicted molar refractivity (Wildman–Crippen MR) is 113 cm³/mol. The summed E-state index contributed by atoms with van der Waals surface area (Å²) in [6.07, 6.45) is 0. The van der Waals surface area contributed by atoms with E-state index in [1.165, 1.54) is 10.9 Å². The SMILES string of the molecule is CCNC(=NCc1cc2c(cc1OC(F)F)OCO2)NCC(c1cccs1)N(C)C. The van der Waals surface area contributed by atoms with E-state index in [4.69, 9.17) is 9.47 Å². The van der Waals surface area contributed by atoms with Crippen LogP contribution in [-0.2, 0) is 6.54 Å². The van der Waals surface area contributed by atoms with Crippen LogP contribution < -0.4 is 24.8 Å². The van der Waals surface area contributed by atoms with Gasteiger partial charge in [0, 0.05) is 29.6 Å². The quantitative estimate of drug-likeness (QED) is 0.460. The summed E-state index contributed by atoms with van der Waals surface area (Å²) in [6, 6.07) is 7.35. The zero-order valence-electron chi connectivity index (χ0n) is 17.2. The first-order chi connectivity index (χ1) is 14.5. The first kappa shape index (κ1) is 22.1. The van der Waals surface area contributed by atoms with Crippen LogP contribution in [0, 0.1) is 0 Å². The van der Waals surface area contributed by atoms with Crippen molar-refractivity contribution in [2.45, 2.75) is 26.1 Å². The minimum atomic E-state index is -2.94. The van der Waals surface area contributed by atoms with Crippen LogP contribution in [0.5, 0.6) is 17.2 Å². The van der Waals surface area contributed by atoms with Crippen molar-refractivity contribution in [1.82, 2.24) is 15.5 Å². The van der Waals surface area contributed by atoms with Gasteiger partial charge in [-0.25, -0.2) is 4.99 Å². The second-order valence-electron chi connectivity index (χ2n) is 6.76. The average Bonchev–Trinajstić information content (AvgIpc) is 3.37. The van der Waals surface area contributed by atoms with Gasteiger partial charge < -0.3 is 29.7 Å². The summed E-state index contributed by atoms with van der Waals surface area (Å²) in [7, 11) is 4.05. The van der Waals surface area contributed by atoms with Crippen LogP contribution in [0.1, 0.15) is 23.4 Å². The van der Waals surface area contributed by atoms with Gasteiger partial charge in [0.25, 0.3) is 0 Å². The maximum atomic E-state index is 12.8. The molecule has 0 bridgehead atoms. The molecule has 0 saturated carbocycles. The molecule has 1 aromatic carbocycles. The minimum Gasteiger partial charge on any atom is -0.454 e. The van der Waals surface area contributed by atoms with Gasteiger partial charge in [-0.3, -0.25) is 0 Å². The van der Waals surface area contributed by atoms with Crippen LogP contribution >= 0.6 is 11.3 Å². The van der Waals surface area contributed by atoms with Gasteiger partial charge in [0.05, 0.1) is 12.6 Å². The van der Waals surface area contributed by atoms with E-state index in [0.29, 0.717) is 36.1 Å². The molecule has 0 aliphatic carbocycles. The maximum Gasteiger partial charge on any atom is 0.387 e. The van der Waals surface area contributed by atoms with E-state index in [-0.39, 0.29) is 25.1 Å².